The minimum Gasteiger partial charge on any atom is -0.346 e. The van der Waals surface area contributed by atoms with Gasteiger partial charge in [-0.05, 0) is 13.8 Å². The molecule has 15 heavy (non-hydrogen) atoms. The number of amides is 1. The highest BCUT2D eigenvalue weighted by Crippen LogP contribution is 2.06. The van der Waals surface area contributed by atoms with Crippen LogP contribution in [0.1, 0.15) is 29.8 Å². The van der Waals surface area contributed by atoms with Gasteiger partial charge in [-0.3, -0.25) is 9.59 Å². The minimum atomic E-state index is -0.467. The summed E-state index contributed by atoms with van der Waals surface area (Å²) in [7, 11) is 0. The number of carbonyl (C=O) groups excluding carboxylic acids is 2. The second-order valence-electron chi connectivity index (χ2n) is 3.65. The van der Waals surface area contributed by atoms with E-state index in [1.165, 1.54) is 6.92 Å². The average molecular weight is 205 g/mol. The van der Waals surface area contributed by atoms with Gasteiger partial charge in [0.1, 0.15) is 0 Å². The highest BCUT2D eigenvalue weighted by Gasteiger charge is 2.15. The van der Waals surface area contributed by atoms with Crippen LogP contribution >= 0.6 is 0 Å². The summed E-state index contributed by atoms with van der Waals surface area (Å²) < 4.78 is 0. The zero-order valence-corrected chi connectivity index (χ0v) is 9.20. The normalized spacial score (nSPS) is 11.9. The van der Waals surface area contributed by atoms with Crippen molar-refractivity contribution in [2.75, 3.05) is 0 Å². The Morgan fingerprint density at radius 2 is 1.73 bits per heavy atom. The predicted octanol–water partition coefficient (Wildman–Crippen LogP) is 1.70. The molecule has 0 saturated carbocycles. The van der Waals surface area contributed by atoms with Crippen molar-refractivity contribution < 1.29 is 9.59 Å². The van der Waals surface area contributed by atoms with Gasteiger partial charge in [0, 0.05) is 12.5 Å². The SMILES string of the molecule is CC(=O)NC(C)C(=O)c1ccc(C)cc1. The van der Waals surface area contributed by atoms with E-state index in [4.69, 9.17) is 0 Å². The van der Waals surface area contributed by atoms with E-state index in [2.05, 4.69) is 5.32 Å². The molecule has 0 saturated heterocycles. The highest BCUT2D eigenvalue weighted by atomic mass is 16.2. The van der Waals surface area contributed by atoms with E-state index in [0.717, 1.165) is 5.56 Å². The van der Waals surface area contributed by atoms with E-state index in [1.807, 2.05) is 19.1 Å². The van der Waals surface area contributed by atoms with Gasteiger partial charge in [-0.2, -0.15) is 0 Å². The number of aryl methyl sites for hydroxylation is 1. The quantitative estimate of drug-likeness (QED) is 0.763. The molecule has 1 N–H and O–H groups in total. The Morgan fingerprint density at radius 1 is 1.20 bits per heavy atom. The zero-order valence-electron chi connectivity index (χ0n) is 9.20. The Bertz CT molecular complexity index is 368. The van der Waals surface area contributed by atoms with Crippen molar-refractivity contribution in [2.24, 2.45) is 0 Å². The Hall–Kier alpha value is -1.64. The molecule has 1 unspecified atom stereocenters. The maximum atomic E-state index is 11.8. The monoisotopic (exact) mass is 205 g/mol. The van der Waals surface area contributed by atoms with Crippen LogP contribution in [0.3, 0.4) is 0 Å². The molecule has 1 aromatic carbocycles. The number of benzene rings is 1. The Morgan fingerprint density at radius 3 is 2.20 bits per heavy atom. The summed E-state index contributed by atoms with van der Waals surface area (Å²) in [5.74, 6) is -0.256. The molecule has 1 atom stereocenters. The van der Waals surface area contributed by atoms with Crippen LogP contribution in [0.5, 0.6) is 0 Å². The Kier molecular flexibility index (Phi) is 3.61. The lowest BCUT2D eigenvalue weighted by molar-refractivity contribution is -0.119. The van der Waals surface area contributed by atoms with E-state index in [0.29, 0.717) is 5.56 Å². The fourth-order valence-corrected chi connectivity index (χ4v) is 1.34. The second kappa shape index (κ2) is 4.73. The first kappa shape index (κ1) is 11.4. The number of rotatable bonds is 3. The maximum absolute atomic E-state index is 11.8. The molecule has 0 aliphatic rings. The summed E-state index contributed by atoms with van der Waals surface area (Å²) >= 11 is 0. The second-order valence-corrected chi connectivity index (χ2v) is 3.65. The van der Waals surface area contributed by atoms with Crippen LogP contribution in [0, 0.1) is 6.92 Å². The molecule has 1 aromatic rings. The first-order valence-corrected chi connectivity index (χ1v) is 4.88. The van der Waals surface area contributed by atoms with Crippen molar-refractivity contribution in [1.82, 2.24) is 5.32 Å². The summed E-state index contributed by atoms with van der Waals surface area (Å²) in [6.45, 7) is 5.05. The summed E-state index contributed by atoms with van der Waals surface area (Å²) in [4.78, 5) is 22.6. The molecule has 3 nitrogen and oxygen atoms in total. The van der Waals surface area contributed by atoms with Crippen LogP contribution in [-0.4, -0.2) is 17.7 Å². The van der Waals surface area contributed by atoms with Gasteiger partial charge in [0.25, 0.3) is 0 Å². The summed E-state index contributed by atoms with van der Waals surface area (Å²) in [6, 6.07) is 6.85. The molecule has 3 heteroatoms. The van der Waals surface area contributed by atoms with Gasteiger partial charge in [-0.15, -0.1) is 0 Å². The molecule has 0 spiro atoms. The summed E-state index contributed by atoms with van der Waals surface area (Å²) in [5, 5.41) is 2.57. The van der Waals surface area contributed by atoms with Crippen molar-refractivity contribution in [1.29, 1.82) is 0 Å². The van der Waals surface area contributed by atoms with Crippen molar-refractivity contribution in [3.8, 4) is 0 Å². The largest absolute Gasteiger partial charge is 0.346 e. The lowest BCUT2D eigenvalue weighted by atomic mass is 10.0. The van der Waals surface area contributed by atoms with Gasteiger partial charge in [-0.1, -0.05) is 29.8 Å². The van der Waals surface area contributed by atoms with Crippen molar-refractivity contribution in [2.45, 2.75) is 26.8 Å². The van der Waals surface area contributed by atoms with Crippen molar-refractivity contribution in [3.63, 3.8) is 0 Å². The molecular formula is C12H15NO2. The summed E-state index contributed by atoms with van der Waals surface area (Å²) in [5.41, 5.74) is 1.74. The fourth-order valence-electron chi connectivity index (χ4n) is 1.34. The molecule has 0 fully saturated rings. The molecule has 0 aromatic heterocycles. The number of carbonyl (C=O) groups is 2. The van der Waals surface area contributed by atoms with Gasteiger partial charge in [0.15, 0.2) is 5.78 Å². The number of hydrogen-bond donors (Lipinski definition) is 1. The molecule has 0 radical (unpaired) electrons. The summed E-state index contributed by atoms with van der Waals surface area (Å²) in [6.07, 6.45) is 0. The van der Waals surface area contributed by atoms with Gasteiger partial charge < -0.3 is 5.32 Å². The van der Waals surface area contributed by atoms with Crippen LogP contribution in [0.25, 0.3) is 0 Å². The van der Waals surface area contributed by atoms with Crippen LogP contribution in [-0.2, 0) is 4.79 Å². The average Bonchev–Trinajstić information content (AvgIpc) is 2.17. The Balaban J connectivity index is 2.76. The van der Waals surface area contributed by atoms with Gasteiger partial charge in [-0.25, -0.2) is 0 Å². The van der Waals surface area contributed by atoms with Crippen molar-refractivity contribution >= 4 is 11.7 Å². The van der Waals surface area contributed by atoms with Crippen LogP contribution in [0.4, 0.5) is 0 Å². The minimum absolute atomic E-state index is 0.0646. The van der Waals surface area contributed by atoms with Gasteiger partial charge >= 0.3 is 0 Å². The molecule has 1 rings (SSSR count). The van der Waals surface area contributed by atoms with E-state index in [9.17, 15) is 9.59 Å². The van der Waals surface area contributed by atoms with E-state index < -0.39 is 6.04 Å². The molecule has 0 aliphatic heterocycles. The first-order chi connectivity index (χ1) is 7.00. The Labute approximate surface area is 89.5 Å². The fraction of sp³-hybridized carbons (Fsp3) is 0.333. The first-order valence-electron chi connectivity index (χ1n) is 4.88. The van der Waals surface area contributed by atoms with Crippen LogP contribution in [0.2, 0.25) is 0 Å². The number of hydrogen-bond acceptors (Lipinski definition) is 2. The maximum Gasteiger partial charge on any atom is 0.217 e. The smallest absolute Gasteiger partial charge is 0.217 e. The van der Waals surface area contributed by atoms with Crippen LogP contribution < -0.4 is 5.32 Å². The third-order valence-corrected chi connectivity index (χ3v) is 2.15. The molecule has 0 bridgehead atoms. The number of Topliss-reactive ketones (excluding diaryl/α,β-unsaturated/α-hetero) is 1. The van der Waals surface area contributed by atoms with E-state index in [1.54, 1.807) is 19.1 Å². The lowest BCUT2D eigenvalue weighted by Crippen LogP contribution is -2.37. The van der Waals surface area contributed by atoms with Gasteiger partial charge in [0.05, 0.1) is 6.04 Å². The lowest BCUT2D eigenvalue weighted by Gasteiger charge is -2.11. The van der Waals surface area contributed by atoms with Crippen LogP contribution in [0.15, 0.2) is 24.3 Å². The molecule has 0 heterocycles. The van der Waals surface area contributed by atoms with E-state index in [-0.39, 0.29) is 11.7 Å². The van der Waals surface area contributed by atoms with Gasteiger partial charge in [0.2, 0.25) is 5.91 Å². The molecule has 80 valence electrons. The highest BCUT2D eigenvalue weighted by molar-refractivity contribution is 6.01. The third kappa shape index (κ3) is 3.20. The van der Waals surface area contributed by atoms with Crippen molar-refractivity contribution in [3.05, 3.63) is 35.4 Å². The number of ketones is 1. The standard InChI is InChI=1S/C12H15NO2/c1-8-4-6-11(7-5-8)12(15)9(2)13-10(3)14/h4-7,9H,1-3H3,(H,13,14). The molecule has 1 amide bonds. The zero-order chi connectivity index (χ0) is 11.4. The van der Waals surface area contributed by atoms with E-state index >= 15 is 0 Å². The predicted molar refractivity (Wildman–Crippen MR) is 58.8 cm³/mol. The number of nitrogens with one attached hydrogen (secondary N) is 1. The molecule has 0 aliphatic carbocycles. The topological polar surface area (TPSA) is 46.2 Å². The third-order valence-electron chi connectivity index (χ3n) is 2.15. The molecular weight excluding hydrogens is 190 g/mol.